The third kappa shape index (κ3) is 4.00. The van der Waals surface area contributed by atoms with Crippen LogP contribution in [0.4, 0.5) is 0 Å². The molecule has 0 aliphatic heterocycles. The lowest BCUT2D eigenvalue weighted by atomic mass is 10.5. The highest BCUT2D eigenvalue weighted by Crippen LogP contribution is 2.24. The van der Waals surface area contributed by atoms with Crippen molar-refractivity contribution in [3.05, 3.63) is 12.4 Å². The van der Waals surface area contributed by atoms with Gasteiger partial charge in [-0.1, -0.05) is 0 Å². The molecule has 108 valence electrons. The monoisotopic (exact) mass is 287 g/mol. The summed E-state index contributed by atoms with van der Waals surface area (Å²) in [5.41, 5.74) is 5.40. The average molecular weight is 287 g/mol. The van der Waals surface area contributed by atoms with E-state index in [-0.39, 0.29) is 4.90 Å². The van der Waals surface area contributed by atoms with Crippen molar-refractivity contribution in [2.24, 2.45) is 5.73 Å². The lowest BCUT2D eigenvalue weighted by molar-refractivity contribution is 0.329. The number of hydrogen-bond donors (Lipinski definition) is 2. The molecule has 0 radical (unpaired) electrons. The Labute approximate surface area is 113 Å². The predicted molar refractivity (Wildman–Crippen MR) is 72.1 cm³/mol. The molecule has 0 amide bonds. The van der Waals surface area contributed by atoms with Crippen LogP contribution in [-0.4, -0.2) is 55.8 Å². The quantitative estimate of drug-likeness (QED) is 0.654. The van der Waals surface area contributed by atoms with E-state index in [9.17, 15) is 8.42 Å². The summed E-state index contributed by atoms with van der Waals surface area (Å²) in [6.45, 7) is 2.08. The summed E-state index contributed by atoms with van der Waals surface area (Å²) in [4.78, 5) is 2.37. The molecule has 19 heavy (non-hydrogen) atoms. The van der Waals surface area contributed by atoms with Crippen molar-refractivity contribution >= 4 is 10.0 Å². The lowest BCUT2D eigenvalue weighted by Gasteiger charge is -2.15. The van der Waals surface area contributed by atoms with Crippen LogP contribution >= 0.6 is 0 Å². The van der Waals surface area contributed by atoms with Gasteiger partial charge in [0, 0.05) is 31.9 Å². The SMILES string of the molecule is CN(CCNS(=O)(=O)c1cnn(CCN)c1)C1CC1. The van der Waals surface area contributed by atoms with Crippen molar-refractivity contribution in [3.63, 3.8) is 0 Å². The molecular formula is C11H21N5O2S. The van der Waals surface area contributed by atoms with E-state index in [1.165, 1.54) is 29.9 Å². The predicted octanol–water partition coefficient (Wildman–Crippen LogP) is -0.786. The molecule has 1 fully saturated rings. The van der Waals surface area contributed by atoms with Crippen LogP contribution in [0.15, 0.2) is 17.3 Å². The van der Waals surface area contributed by atoms with Crippen LogP contribution in [0.1, 0.15) is 12.8 Å². The number of likely N-dealkylation sites (N-methyl/N-ethyl adjacent to an activating group) is 1. The number of rotatable bonds is 8. The molecule has 0 aromatic carbocycles. The Morgan fingerprint density at radius 1 is 1.58 bits per heavy atom. The molecule has 2 rings (SSSR count). The molecule has 1 heterocycles. The van der Waals surface area contributed by atoms with E-state index in [1.54, 1.807) is 0 Å². The fraction of sp³-hybridized carbons (Fsp3) is 0.727. The first kappa shape index (κ1) is 14.4. The van der Waals surface area contributed by atoms with Gasteiger partial charge in [-0.15, -0.1) is 0 Å². The van der Waals surface area contributed by atoms with Crippen LogP contribution < -0.4 is 10.5 Å². The summed E-state index contributed by atoms with van der Waals surface area (Å²) >= 11 is 0. The molecule has 0 saturated heterocycles. The third-order valence-corrected chi connectivity index (χ3v) is 4.62. The zero-order valence-electron chi connectivity index (χ0n) is 11.1. The van der Waals surface area contributed by atoms with E-state index in [2.05, 4.69) is 14.7 Å². The smallest absolute Gasteiger partial charge is 0.243 e. The first-order valence-electron chi connectivity index (χ1n) is 6.45. The first-order chi connectivity index (χ1) is 9.03. The van der Waals surface area contributed by atoms with Gasteiger partial charge in [0.1, 0.15) is 4.90 Å². The molecule has 0 unspecified atom stereocenters. The highest BCUT2D eigenvalue weighted by molar-refractivity contribution is 7.89. The minimum atomic E-state index is -3.46. The number of nitrogens with two attached hydrogens (primary N) is 1. The van der Waals surface area contributed by atoms with Gasteiger partial charge in [-0.2, -0.15) is 5.10 Å². The minimum Gasteiger partial charge on any atom is -0.329 e. The van der Waals surface area contributed by atoms with Crippen molar-refractivity contribution in [1.29, 1.82) is 0 Å². The number of sulfonamides is 1. The van der Waals surface area contributed by atoms with Crippen molar-refractivity contribution in [1.82, 2.24) is 19.4 Å². The van der Waals surface area contributed by atoms with Gasteiger partial charge in [0.25, 0.3) is 0 Å². The van der Waals surface area contributed by atoms with Crippen LogP contribution in [0.25, 0.3) is 0 Å². The number of nitrogens with one attached hydrogen (secondary N) is 1. The summed E-state index contributed by atoms with van der Waals surface area (Å²) < 4.78 is 28.1. The number of hydrogen-bond acceptors (Lipinski definition) is 5. The Hall–Kier alpha value is -0.960. The van der Waals surface area contributed by atoms with Gasteiger partial charge in [-0.05, 0) is 19.9 Å². The second-order valence-electron chi connectivity index (χ2n) is 4.84. The Morgan fingerprint density at radius 3 is 2.95 bits per heavy atom. The molecule has 1 aliphatic rings. The van der Waals surface area contributed by atoms with E-state index in [0.717, 1.165) is 6.54 Å². The minimum absolute atomic E-state index is 0.190. The zero-order valence-corrected chi connectivity index (χ0v) is 11.9. The van der Waals surface area contributed by atoms with Gasteiger partial charge in [-0.3, -0.25) is 4.68 Å². The number of aromatic nitrogens is 2. The van der Waals surface area contributed by atoms with Gasteiger partial charge in [0.15, 0.2) is 0 Å². The van der Waals surface area contributed by atoms with E-state index in [0.29, 0.717) is 25.7 Å². The summed E-state index contributed by atoms with van der Waals surface area (Å²) in [6.07, 6.45) is 5.28. The Morgan fingerprint density at radius 2 is 2.32 bits per heavy atom. The molecule has 0 atom stereocenters. The maximum Gasteiger partial charge on any atom is 0.243 e. The highest BCUT2D eigenvalue weighted by Gasteiger charge is 2.26. The van der Waals surface area contributed by atoms with Crippen molar-refractivity contribution in [2.45, 2.75) is 30.3 Å². The lowest BCUT2D eigenvalue weighted by Crippen LogP contribution is -2.33. The van der Waals surface area contributed by atoms with Crippen LogP contribution in [0.3, 0.4) is 0 Å². The van der Waals surface area contributed by atoms with Gasteiger partial charge < -0.3 is 10.6 Å². The Kier molecular flexibility index (Phi) is 4.56. The summed E-state index contributed by atoms with van der Waals surface area (Å²) in [6, 6.07) is 0.636. The fourth-order valence-corrected chi connectivity index (χ4v) is 2.85. The molecule has 1 aliphatic carbocycles. The second-order valence-corrected chi connectivity index (χ2v) is 6.60. The molecule has 8 heteroatoms. The number of nitrogens with zero attached hydrogens (tertiary/aromatic N) is 3. The van der Waals surface area contributed by atoms with Crippen molar-refractivity contribution < 1.29 is 8.42 Å². The van der Waals surface area contributed by atoms with Crippen LogP contribution in [0.2, 0.25) is 0 Å². The maximum atomic E-state index is 12.0. The Bertz CT molecular complexity index is 509. The van der Waals surface area contributed by atoms with E-state index in [1.807, 2.05) is 7.05 Å². The summed E-state index contributed by atoms with van der Waals surface area (Å²) in [7, 11) is -1.44. The van der Waals surface area contributed by atoms with Gasteiger partial charge >= 0.3 is 0 Å². The van der Waals surface area contributed by atoms with Gasteiger partial charge in [0.2, 0.25) is 10.0 Å². The normalized spacial score (nSPS) is 16.2. The molecule has 1 aromatic rings. The van der Waals surface area contributed by atoms with Gasteiger partial charge in [-0.25, -0.2) is 13.1 Å². The maximum absolute atomic E-state index is 12.0. The third-order valence-electron chi connectivity index (χ3n) is 3.20. The summed E-state index contributed by atoms with van der Waals surface area (Å²) in [5, 5.41) is 3.96. The van der Waals surface area contributed by atoms with Crippen molar-refractivity contribution in [3.8, 4) is 0 Å². The first-order valence-corrected chi connectivity index (χ1v) is 7.93. The van der Waals surface area contributed by atoms with E-state index < -0.39 is 10.0 Å². The van der Waals surface area contributed by atoms with Crippen LogP contribution in [0, 0.1) is 0 Å². The molecule has 1 saturated carbocycles. The molecular weight excluding hydrogens is 266 g/mol. The van der Waals surface area contributed by atoms with Crippen LogP contribution in [-0.2, 0) is 16.6 Å². The topological polar surface area (TPSA) is 93.2 Å². The molecule has 3 N–H and O–H groups in total. The van der Waals surface area contributed by atoms with E-state index >= 15 is 0 Å². The van der Waals surface area contributed by atoms with E-state index in [4.69, 9.17) is 5.73 Å². The standard InChI is InChI=1S/C11H21N5O2S/c1-15(10-2-3-10)7-5-14-19(17,18)11-8-13-16(9-11)6-4-12/h8-10,14H,2-7,12H2,1H3. The second kappa shape index (κ2) is 6.00. The molecule has 0 bridgehead atoms. The highest BCUT2D eigenvalue weighted by atomic mass is 32.2. The zero-order chi connectivity index (χ0) is 13.9. The Balaban J connectivity index is 1.85. The van der Waals surface area contributed by atoms with Crippen LogP contribution in [0.5, 0.6) is 0 Å². The average Bonchev–Trinajstić information content (AvgIpc) is 3.09. The largest absolute Gasteiger partial charge is 0.329 e. The molecule has 1 aromatic heterocycles. The van der Waals surface area contributed by atoms with Crippen molar-refractivity contribution in [2.75, 3.05) is 26.7 Å². The van der Waals surface area contributed by atoms with Gasteiger partial charge in [0.05, 0.1) is 12.7 Å². The summed E-state index contributed by atoms with van der Waals surface area (Å²) in [5.74, 6) is 0. The fourth-order valence-electron chi connectivity index (χ4n) is 1.88. The molecule has 0 spiro atoms. The molecule has 7 nitrogen and oxygen atoms in total.